The van der Waals surface area contributed by atoms with Gasteiger partial charge < -0.3 is 15.0 Å². The fourth-order valence-corrected chi connectivity index (χ4v) is 1.95. The van der Waals surface area contributed by atoms with Crippen molar-refractivity contribution in [3.05, 3.63) is 29.8 Å². The van der Waals surface area contributed by atoms with Gasteiger partial charge in [0.25, 0.3) is 5.91 Å². The largest absolute Gasteiger partial charge is 0.385 e. The van der Waals surface area contributed by atoms with Crippen LogP contribution in [0, 0.1) is 0 Å². The van der Waals surface area contributed by atoms with Crippen LogP contribution in [-0.4, -0.2) is 43.7 Å². The molecule has 0 spiro atoms. The second-order valence-corrected chi connectivity index (χ2v) is 4.41. The third kappa shape index (κ3) is 3.23. The molecule has 0 aromatic heterocycles. The van der Waals surface area contributed by atoms with Gasteiger partial charge in [0, 0.05) is 30.9 Å². The Bertz CT molecular complexity index is 383. The molecule has 4 heteroatoms. The summed E-state index contributed by atoms with van der Waals surface area (Å²) < 4.78 is 5.25. The maximum absolute atomic E-state index is 12.2. The van der Waals surface area contributed by atoms with Gasteiger partial charge in [-0.1, -0.05) is 6.92 Å². The number of hydrogen-bond donors (Lipinski definition) is 1. The van der Waals surface area contributed by atoms with Crippen LogP contribution in [0.3, 0.4) is 0 Å². The van der Waals surface area contributed by atoms with E-state index in [1.54, 1.807) is 0 Å². The Morgan fingerprint density at radius 3 is 2.56 bits per heavy atom. The Kier molecular flexibility index (Phi) is 4.59. The van der Waals surface area contributed by atoms with Crippen LogP contribution in [0.25, 0.3) is 0 Å². The van der Waals surface area contributed by atoms with Crippen molar-refractivity contribution in [3.8, 4) is 0 Å². The van der Waals surface area contributed by atoms with Gasteiger partial charge in [0.2, 0.25) is 0 Å². The molecule has 98 valence electrons. The van der Waals surface area contributed by atoms with Crippen LogP contribution in [0.2, 0.25) is 0 Å². The minimum atomic E-state index is 0.0975. The normalized spacial score (nSPS) is 15.5. The number of amides is 1. The molecule has 4 nitrogen and oxygen atoms in total. The van der Waals surface area contributed by atoms with E-state index in [9.17, 15) is 4.79 Å². The number of nitrogens with zero attached hydrogens (tertiary/aromatic N) is 1. The predicted molar refractivity (Wildman–Crippen MR) is 71.9 cm³/mol. The number of carbonyl (C=O) groups excluding carboxylic acids is 1. The van der Waals surface area contributed by atoms with Gasteiger partial charge >= 0.3 is 0 Å². The highest BCUT2D eigenvalue weighted by molar-refractivity contribution is 5.94. The van der Waals surface area contributed by atoms with Gasteiger partial charge in [-0.25, -0.2) is 0 Å². The monoisotopic (exact) mass is 248 g/mol. The number of nitrogens with one attached hydrogen (secondary N) is 1. The van der Waals surface area contributed by atoms with Crippen LogP contribution in [0.1, 0.15) is 23.7 Å². The van der Waals surface area contributed by atoms with Crippen molar-refractivity contribution < 1.29 is 9.53 Å². The highest BCUT2D eigenvalue weighted by Gasteiger charge is 2.17. The summed E-state index contributed by atoms with van der Waals surface area (Å²) >= 11 is 0. The molecule has 1 aromatic rings. The molecule has 1 aliphatic heterocycles. The Morgan fingerprint density at radius 2 is 1.94 bits per heavy atom. The quantitative estimate of drug-likeness (QED) is 0.886. The molecule has 1 saturated heterocycles. The zero-order valence-electron chi connectivity index (χ0n) is 10.8. The Morgan fingerprint density at radius 1 is 1.28 bits per heavy atom. The van der Waals surface area contributed by atoms with Crippen molar-refractivity contribution in [1.82, 2.24) is 4.90 Å². The van der Waals surface area contributed by atoms with Crippen LogP contribution >= 0.6 is 0 Å². The first kappa shape index (κ1) is 12.9. The van der Waals surface area contributed by atoms with E-state index in [1.807, 2.05) is 29.2 Å². The average molecular weight is 248 g/mol. The second kappa shape index (κ2) is 6.40. The number of benzene rings is 1. The summed E-state index contributed by atoms with van der Waals surface area (Å²) in [6, 6.07) is 7.69. The number of ether oxygens (including phenoxy) is 1. The lowest BCUT2D eigenvalue weighted by atomic mass is 10.1. The van der Waals surface area contributed by atoms with Crippen LogP contribution in [0.4, 0.5) is 5.69 Å². The van der Waals surface area contributed by atoms with Crippen molar-refractivity contribution in [2.75, 3.05) is 38.2 Å². The lowest BCUT2D eigenvalue weighted by Crippen LogP contribution is -2.40. The number of anilines is 1. The second-order valence-electron chi connectivity index (χ2n) is 4.41. The van der Waals surface area contributed by atoms with E-state index in [2.05, 4.69) is 12.2 Å². The third-order valence-corrected chi connectivity index (χ3v) is 3.01. The van der Waals surface area contributed by atoms with Gasteiger partial charge in [0.05, 0.1) is 13.2 Å². The zero-order chi connectivity index (χ0) is 12.8. The molecule has 2 rings (SSSR count). The summed E-state index contributed by atoms with van der Waals surface area (Å²) in [7, 11) is 0. The molecular formula is C14H20N2O2. The molecule has 0 saturated carbocycles. The summed E-state index contributed by atoms with van der Waals surface area (Å²) in [5.41, 5.74) is 1.81. The Hall–Kier alpha value is -1.55. The highest BCUT2D eigenvalue weighted by Crippen LogP contribution is 2.12. The average Bonchev–Trinajstić information content (AvgIpc) is 2.46. The minimum absolute atomic E-state index is 0.0975. The van der Waals surface area contributed by atoms with E-state index in [-0.39, 0.29) is 5.91 Å². The molecule has 0 radical (unpaired) electrons. The number of carbonyl (C=O) groups is 1. The molecule has 0 unspecified atom stereocenters. The molecule has 1 fully saturated rings. The smallest absolute Gasteiger partial charge is 0.254 e. The van der Waals surface area contributed by atoms with E-state index < -0.39 is 0 Å². The highest BCUT2D eigenvalue weighted by atomic mass is 16.5. The van der Waals surface area contributed by atoms with E-state index in [0.29, 0.717) is 26.3 Å². The first-order valence-corrected chi connectivity index (χ1v) is 6.52. The van der Waals surface area contributed by atoms with Crippen LogP contribution in [0.5, 0.6) is 0 Å². The van der Waals surface area contributed by atoms with Crippen molar-refractivity contribution in [2.45, 2.75) is 13.3 Å². The van der Waals surface area contributed by atoms with E-state index >= 15 is 0 Å². The van der Waals surface area contributed by atoms with Gasteiger partial charge in [-0.15, -0.1) is 0 Å². The van der Waals surface area contributed by atoms with Crippen molar-refractivity contribution in [2.24, 2.45) is 0 Å². The standard InChI is InChI=1S/C14H20N2O2/c1-2-7-15-13-5-3-12(4-6-13)14(17)16-8-10-18-11-9-16/h3-6,15H,2,7-11H2,1H3. The first-order valence-electron chi connectivity index (χ1n) is 6.52. The molecule has 1 aliphatic rings. The lowest BCUT2D eigenvalue weighted by Gasteiger charge is -2.26. The molecular weight excluding hydrogens is 228 g/mol. The first-order chi connectivity index (χ1) is 8.81. The molecule has 0 aliphatic carbocycles. The summed E-state index contributed by atoms with van der Waals surface area (Å²) in [5, 5.41) is 3.30. The molecule has 18 heavy (non-hydrogen) atoms. The molecule has 1 aromatic carbocycles. The number of hydrogen-bond acceptors (Lipinski definition) is 3. The van der Waals surface area contributed by atoms with Gasteiger partial charge in [0.1, 0.15) is 0 Å². The van der Waals surface area contributed by atoms with Crippen molar-refractivity contribution >= 4 is 11.6 Å². The van der Waals surface area contributed by atoms with Gasteiger partial charge in [-0.3, -0.25) is 4.79 Å². The summed E-state index contributed by atoms with van der Waals surface area (Å²) in [5.74, 6) is 0.0975. The Labute approximate surface area is 108 Å². The summed E-state index contributed by atoms with van der Waals surface area (Å²) in [6.07, 6.45) is 1.09. The molecule has 0 atom stereocenters. The van der Waals surface area contributed by atoms with Crippen LogP contribution in [-0.2, 0) is 4.74 Å². The summed E-state index contributed by atoms with van der Waals surface area (Å²) in [4.78, 5) is 14.0. The van der Waals surface area contributed by atoms with E-state index in [1.165, 1.54) is 0 Å². The summed E-state index contributed by atoms with van der Waals surface area (Å²) in [6.45, 7) is 5.74. The molecule has 0 bridgehead atoms. The fraction of sp³-hybridized carbons (Fsp3) is 0.500. The number of morpholine rings is 1. The fourth-order valence-electron chi connectivity index (χ4n) is 1.95. The topological polar surface area (TPSA) is 41.6 Å². The van der Waals surface area contributed by atoms with Gasteiger partial charge in [-0.2, -0.15) is 0 Å². The lowest BCUT2D eigenvalue weighted by molar-refractivity contribution is 0.0303. The number of rotatable bonds is 4. The molecule has 1 heterocycles. The SMILES string of the molecule is CCCNc1ccc(C(=O)N2CCOCC2)cc1. The van der Waals surface area contributed by atoms with Crippen molar-refractivity contribution in [1.29, 1.82) is 0 Å². The van der Waals surface area contributed by atoms with E-state index in [4.69, 9.17) is 4.74 Å². The maximum Gasteiger partial charge on any atom is 0.254 e. The van der Waals surface area contributed by atoms with Crippen molar-refractivity contribution in [3.63, 3.8) is 0 Å². The predicted octanol–water partition coefficient (Wildman–Crippen LogP) is 1.98. The minimum Gasteiger partial charge on any atom is -0.385 e. The third-order valence-electron chi connectivity index (χ3n) is 3.01. The molecule has 1 N–H and O–H groups in total. The molecule has 1 amide bonds. The van der Waals surface area contributed by atoms with Gasteiger partial charge in [0.15, 0.2) is 0 Å². The maximum atomic E-state index is 12.2. The van der Waals surface area contributed by atoms with Gasteiger partial charge in [-0.05, 0) is 30.7 Å². The Balaban J connectivity index is 1.97. The van der Waals surface area contributed by atoms with E-state index in [0.717, 1.165) is 24.2 Å². The van der Waals surface area contributed by atoms with Crippen LogP contribution < -0.4 is 5.32 Å². The van der Waals surface area contributed by atoms with Crippen LogP contribution in [0.15, 0.2) is 24.3 Å². The zero-order valence-corrected chi connectivity index (χ0v) is 10.8.